The molecule has 150 valence electrons. The van der Waals surface area contributed by atoms with Crippen molar-refractivity contribution >= 4 is 17.5 Å². The zero-order valence-electron chi connectivity index (χ0n) is 16.2. The first kappa shape index (κ1) is 20.1. The Morgan fingerprint density at radius 2 is 1.93 bits per heavy atom. The monoisotopic (exact) mass is 395 g/mol. The normalized spacial score (nSPS) is 10.6. The number of benzene rings is 1. The molecular formula is C21H21N3O5. The molecule has 0 atom stereocenters. The van der Waals surface area contributed by atoms with Gasteiger partial charge in [0.15, 0.2) is 0 Å². The molecule has 8 nitrogen and oxygen atoms in total. The fourth-order valence-corrected chi connectivity index (χ4v) is 2.71. The maximum absolute atomic E-state index is 12.1. The van der Waals surface area contributed by atoms with Gasteiger partial charge in [0.25, 0.3) is 11.5 Å². The Bertz CT molecular complexity index is 1090. The molecule has 0 fully saturated rings. The lowest BCUT2D eigenvalue weighted by Crippen LogP contribution is -2.30. The van der Waals surface area contributed by atoms with Gasteiger partial charge in [-0.25, -0.2) is 4.98 Å². The van der Waals surface area contributed by atoms with Crippen LogP contribution in [0.4, 0.5) is 0 Å². The molecule has 29 heavy (non-hydrogen) atoms. The Labute approximate surface area is 167 Å². The van der Waals surface area contributed by atoms with E-state index < -0.39 is 11.9 Å². The molecule has 3 aromatic rings. The highest BCUT2D eigenvalue weighted by Gasteiger charge is 2.11. The second kappa shape index (κ2) is 9.01. The summed E-state index contributed by atoms with van der Waals surface area (Å²) < 4.78 is 11.9. The SMILES string of the molecule is CCOc1ccc(C(=O)NCC(=O)OCc2cc(=O)n3cccc(C)c3n2)cc1. The van der Waals surface area contributed by atoms with Gasteiger partial charge in [-0.2, -0.15) is 0 Å². The van der Waals surface area contributed by atoms with Gasteiger partial charge in [-0.3, -0.25) is 18.8 Å². The van der Waals surface area contributed by atoms with Crippen molar-refractivity contribution < 1.29 is 19.1 Å². The molecule has 1 N–H and O–H groups in total. The van der Waals surface area contributed by atoms with E-state index >= 15 is 0 Å². The van der Waals surface area contributed by atoms with Crippen molar-refractivity contribution in [3.8, 4) is 5.75 Å². The Morgan fingerprint density at radius 1 is 1.17 bits per heavy atom. The number of hydrogen-bond donors (Lipinski definition) is 1. The van der Waals surface area contributed by atoms with Gasteiger partial charge in [0.05, 0.1) is 12.3 Å². The molecule has 0 aliphatic carbocycles. The lowest BCUT2D eigenvalue weighted by molar-refractivity contribution is -0.143. The Balaban J connectivity index is 1.55. The fourth-order valence-electron chi connectivity index (χ4n) is 2.71. The highest BCUT2D eigenvalue weighted by atomic mass is 16.5. The quantitative estimate of drug-likeness (QED) is 0.613. The van der Waals surface area contributed by atoms with Gasteiger partial charge in [0.2, 0.25) is 0 Å². The molecule has 0 aliphatic rings. The predicted molar refractivity (Wildman–Crippen MR) is 106 cm³/mol. The van der Waals surface area contributed by atoms with E-state index in [1.807, 2.05) is 19.9 Å². The zero-order chi connectivity index (χ0) is 20.8. The topological polar surface area (TPSA) is 99.0 Å². The van der Waals surface area contributed by atoms with Crippen molar-refractivity contribution in [2.24, 2.45) is 0 Å². The number of esters is 1. The van der Waals surface area contributed by atoms with E-state index in [2.05, 4.69) is 10.3 Å². The first-order chi connectivity index (χ1) is 14.0. The summed E-state index contributed by atoms with van der Waals surface area (Å²) in [6.07, 6.45) is 1.63. The minimum absolute atomic E-state index is 0.155. The minimum atomic E-state index is -0.629. The van der Waals surface area contributed by atoms with Crippen LogP contribution in [-0.2, 0) is 16.1 Å². The van der Waals surface area contributed by atoms with E-state index in [0.29, 0.717) is 29.3 Å². The minimum Gasteiger partial charge on any atom is -0.494 e. The summed E-state index contributed by atoms with van der Waals surface area (Å²) in [4.78, 5) is 40.6. The number of carbonyl (C=O) groups excluding carboxylic acids is 2. The van der Waals surface area contributed by atoms with Crippen molar-refractivity contribution in [3.63, 3.8) is 0 Å². The lowest BCUT2D eigenvalue weighted by atomic mass is 10.2. The number of aromatic nitrogens is 2. The van der Waals surface area contributed by atoms with Gasteiger partial charge in [0.1, 0.15) is 24.5 Å². The second-order valence-electron chi connectivity index (χ2n) is 6.27. The molecule has 0 saturated carbocycles. The molecule has 2 heterocycles. The molecule has 0 saturated heterocycles. The Hall–Kier alpha value is -3.68. The summed E-state index contributed by atoms with van der Waals surface area (Å²) >= 11 is 0. The smallest absolute Gasteiger partial charge is 0.325 e. The molecule has 2 aromatic heterocycles. The first-order valence-electron chi connectivity index (χ1n) is 9.12. The summed E-state index contributed by atoms with van der Waals surface area (Å²) in [6, 6.07) is 11.5. The van der Waals surface area contributed by atoms with Crippen LogP contribution in [0, 0.1) is 6.92 Å². The summed E-state index contributed by atoms with van der Waals surface area (Å²) in [5, 5.41) is 2.50. The molecule has 0 radical (unpaired) electrons. The molecule has 8 heteroatoms. The van der Waals surface area contributed by atoms with E-state index in [1.165, 1.54) is 10.5 Å². The average molecular weight is 395 g/mol. The summed E-state index contributed by atoms with van der Waals surface area (Å²) in [6.45, 7) is 3.80. The van der Waals surface area contributed by atoms with Crippen LogP contribution in [0.5, 0.6) is 5.75 Å². The molecule has 0 aliphatic heterocycles. The van der Waals surface area contributed by atoms with Gasteiger partial charge in [-0.15, -0.1) is 0 Å². The van der Waals surface area contributed by atoms with Crippen LogP contribution >= 0.6 is 0 Å². The third-order valence-corrected chi connectivity index (χ3v) is 4.14. The van der Waals surface area contributed by atoms with Crippen molar-refractivity contribution in [1.82, 2.24) is 14.7 Å². The second-order valence-corrected chi connectivity index (χ2v) is 6.27. The summed E-state index contributed by atoms with van der Waals surface area (Å²) in [5.41, 5.74) is 1.83. The molecule has 1 amide bonds. The van der Waals surface area contributed by atoms with Gasteiger partial charge >= 0.3 is 5.97 Å². The van der Waals surface area contributed by atoms with Gasteiger partial charge in [-0.1, -0.05) is 6.07 Å². The summed E-state index contributed by atoms with van der Waals surface area (Å²) in [5.74, 6) is -0.365. The van der Waals surface area contributed by atoms with Crippen LogP contribution in [0.25, 0.3) is 5.65 Å². The number of carbonyl (C=O) groups is 2. The number of ether oxygens (including phenoxy) is 2. The van der Waals surface area contributed by atoms with Crippen molar-refractivity contribution in [3.05, 3.63) is 75.8 Å². The maximum atomic E-state index is 12.1. The number of rotatable bonds is 7. The highest BCUT2D eigenvalue weighted by molar-refractivity contribution is 5.96. The number of aryl methyl sites for hydroxylation is 1. The highest BCUT2D eigenvalue weighted by Crippen LogP contribution is 2.12. The maximum Gasteiger partial charge on any atom is 0.325 e. The first-order valence-corrected chi connectivity index (χ1v) is 9.12. The van der Waals surface area contributed by atoms with Crippen LogP contribution in [0.3, 0.4) is 0 Å². The van der Waals surface area contributed by atoms with E-state index in [9.17, 15) is 14.4 Å². The number of hydrogen-bond acceptors (Lipinski definition) is 6. The van der Waals surface area contributed by atoms with Gasteiger partial charge < -0.3 is 14.8 Å². The van der Waals surface area contributed by atoms with Gasteiger partial charge in [0, 0.05) is 17.8 Å². The molecule has 1 aromatic carbocycles. The summed E-state index contributed by atoms with van der Waals surface area (Å²) in [7, 11) is 0. The number of nitrogens with one attached hydrogen (secondary N) is 1. The van der Waals surface area contributed by atoms with Crippen LogP contribution in [0.1, 0.15) is 28.5 Å². The van der Waals surface area contributed by atoms with E-state index in [1.54, 1.807) is 36.5 Å². The molecule has 0 unspecified atom stereocenters. The van der Waals surface area contributed by atoms with Crippen molar-refractivity contribution in [2.45, 2.75) is 20.5 Å². The van der Waals surface area contributed by atoms with Crippen LogP contribution in [0.2, 0.25) is 0 Å². The van der Waals surface area contributed by atoms with Crippen LogP contribution in [-0.4, -0.2) is 34.4 Å². The van der Waals surface area contributed by atoms with Gasteiger partial charge in [-0.05, 0) is 49.7 Å². The third kappa shape index (κ3) is 4.98. The number of nitrogens with zero attached hydrogens (tertiary/aromatic N) is 2. The van der Waals surface area contributed by atoms with E-state index in [0.717, 1.165) is 5.56 Å². The number of amides is 1. The molecule has 0 spiro atoms. The number of pyridine rings is 1. The number of fused-ring (bicyclic) bond motifs is 1. The van der Waals surface area contributed by atoms with Crippen molar-refractivity contribution in [2.75, 3.05) is 13.2 Å². The molecular weight excluding hydrogens is 374 g/mol. The van der Waals surface area contributed by atoms with E-state index in [4.69, 9.17) is 9.47 Å². The average Bonchev–Trinajstić information content (AvgIpc) is 2.72. The largest absolute Gasteiger partial charge is 0.494 e. The predicted octanol–water partition coefficient (Wildman–Crippen LogP) is 1.87. The zero-order valence-corrected chi connectivity index (χ0v) is 16.2. The molecule has 3 rings (SSSR count). The standard InChI is InChI=1S/C21H21N3O5/c1-3-28-17-8-6-15(7-9-17)21(27)22-12-19(26)29-13-16-11-18(25)24-10-4-5-14(2)20(24)23-16/h4-11H,3,12-13H2,1-2H3,(H,22,27). The molecule has 0 bridgehead atoms. The Morgan fingerprint density at radius 3 is 2.66 bits per heavy atom. The van der Waals surface area contributed by atoms with Crippen molar-refractivity contribution in [1.29, 1.82) is 0 Å². The lowest BCUT2D eigenvalue weighted by Gasteiger charge is -2.08. The Kier molecular flexibility index (Phi) is 6.23. The van der Waals surface area contributed by atoms with Crippen LogP contribution in [0.15, 0.2) is 53.5 Å². The third-order valence-electron chi connectivity index (χ3n) is 4.14. The van der Waals surface area contributed by atoms with E-state index in [-0.39, 0.29) is 18.7 Å². The van der Waals surface area contributed by atoms with Crippen LogP contribution < -0.4 is 15.6 Å². The fraction of sp³-hybridized carbons (Fsp3) is 0.238.